The number of carbonyl (C=O) groups is 1. The summed E-state index contributed by atoms with van der Waals surface area (Å²) in [7, 11) is 2.11. The molecule has 2 fully saturated rings. The number of para-hydroxylation sites is 1. The summed E-state index contributed by atoms with van der Waals surface area (Å²) >= 11 is 0. The lowest BCUT2D eigenvalue weighted by atomic mass is 9.88. The summed E-state index contributed by atoms with van der Waals surface area (Å²) in [6, 6.07) is 19.4. The molecule has 2 saturated heterocycles. The van der Waals surface area contributed by atoms with Crippen LogP contribution in [0.5, 0.6) is 0 Å². The third kappa shape index (κ3) is 5.51. The van der Waals surface area contributed by atoms with Crippen LogP contribution in [0.3, 0.4) is 0 Å². The van der Waals surface area contributed by atoms with Gasteiger partial charge in [-0.2, -0.15) is 0 Å². The number of anilines is 2. The summed E-state index contributed by atoms with van der Waals surface area (Å²) in [5.74, 6) is 0.145. The number of hydrogen-bond acceptors (Lipinski definition) is 4. The first-order valence-corrected chi connectivity index (χ1v) is 12.0. The first kappa shape index (κ1) is 22.8. The number of amides is 1. The Labute approximate surface area is 192 Å². The Hall–Kier alpha value is -2.37. The van der Waals surface area contributed by atoms with E-state index in [0.717, 1.165) is 45.3 Å². The summed E-state index contributed by atoms with van der Waals surface area (Å²) in [5, 5.41) is 3.03. The highest BCUT2D eigenvalue weighted by Gasteiger charge is 2.42. The van der Waals surface area contributed by atoms with Crippen LogP contribution in [0.15, 0.2) is 54.6 Å². The first-order chi connectivity index (χ1) is 15.4. The normalized spacial score (nSPS) is 20.6. The summed E-state index contributed by atoms with van der Waals surface area (Å²) in [6.07, 6.45) is 4.49. The van der Waals surface area contributed by atoms with E-state index in [-0.39, 0.29) is 23.5 Å². The van der Waals surface area contributed by atoms with Crippen LogP contribution in [0.1, 0.15) is 45.1 Å². The van der Waals surface area contributed by atoms with Crippen molar-refractivity contribution in [1.82, 2.24) is 10.2 Å². The van der Waals surface area contributed by atoms with Crippen molar-refractivity contribution < 1.29 is 9.53 Å². The molecule has 2 aromatic rings. The van der Waals surface area contributed by atoms with Gasteiger partial charge in [-0.25, -0.2) is 0 Å². The number of rotatable bonds is 7. The fourth-order valence-electron chi connectivity index (χ4n) is 4.83. The molecule has 2 aliphatic rings. The molecule has 1 amide bonds. The lowest BCUT2D eigenvalue weighted by Gasteiger charge is -2.39. The average molecular weight is 436 g/mol. The molecular weight excluding hydrogens is 398 g/mol. The predicted octanol–water partition coefficient (Wildman–Crippen LogP) is 4.74. The minimum Gasteiger partial charge on any atom is -0.370 e. The number of nitrogens with zero attached hydrogens (tertiary/aromatic N) is 2. The lowest BCUT2D eigenvalue weighted by molar-refractivity contribution is -0.125. The van der Waals surface area contributed by atoms with Gasteiger partial charge in [-0.3, -0.25) is 9.69 Å². The van der Waals surface area contributed by atoms with Gasteiger partial charge in [-0.05, 0) is 55.5 Å². The van der Waals surface area contributed by atoms with Gasteiger partial charge in [0.25, 0.3) is 0 Å². The second-order valence-electron chi connectivity index (χ2n) is 9.70. The van der Waals surface area contributed by atoms with E-state index < -0.39 is 0 Å². The molecule has 5 nitrogen and oxygen atoms in total. The number of benzene rings is 2. The fourth-order valence-corrected chi connectivity index (χ4v) is 4.83. The second kappa shape index (κ2) is 10.1. The van der Waals surface area contributed by atoms with Crippen LogP contribution in [-0.2, 0) is 16.1 Å². The zero-order chi connectivity index (χ0) is 22.6. The monoisotopic (exact) mass is 435 g/mol. The van der Waals surface area contributed by atoms with Crippen LogP contribution in [0.4, 0.5) is 11.4 Å². The van der Waals surface area contributed by atoms with Gasteiger partial charge < -0.3 is 15.0 Å². The molecule has 2 aromatic carbocycles. The van der Waals surface area contributed by atoms with Gasteiger partial charge in [0, 0.05) is 50.5 Å². The Morgan fingerprint density at radius 1 is 1.06 bits per heavy atom. The van der Waals surface area contributed by atoms with Crippen LogP contribution in [0, 0.1) is 5.92 Å². The highest BCUT2D eigenvalue weighted by molar-refractivity contribution is 5.77. The number of carbonyl (C=O) groups excluding carboxylic acids is 1. The minimum atomic E-state index is 0.0198. The van der Waals surface area contributed by atoms with E-state index in [0.29, 0.717) is 6.54 Å². The van der Waals surface area contributed by atoms with Gasteiger partial charge in [0.2, 0.25) is 5.91 Å². The molecule has 1 spiro atoms. The maximum Gasteiger partial charge on any atom is 0.222 e. The molecule has 1 N–H and O–H groups in total. The molecule has 5 heteroatoms. The molecule has 2 aliphatic heterocycles. The number of piperidine rings is 1. The predicted molar refractivity (Wildman–Crippen MR) is 130 cm³/mol. The number of ether oxygens (including phenoxy) is 1. The Kier molecular flexibility index (Phi) is 7.17. The van der Waals surface area contributed by atoms with Crippen LogP contribution >= 0.6 is 0 Å². The summed E-state index contributed by atoms with van der Waals surface area (Å²) < 4.78 is 6.46. The van der Waals surface area contributed by atoms with E-state index in [2.05, 4.69) is 70.7 Å². The minimum absolute atomic E-state index is 0.0198. The maximum atomic E-state index is 11.8. The third-order valence-electron chi connectivity index (χ3n) is 7.01. The number of hydrogen-bond donors (Lipinski definition) is 1. The Morgan fingerprint density at radius 2 is 1.72 bits per heavy atom. The van der Waals surface area contributed by atoms with E-state index in [1.54, 1.807) is 0 Å². The molecule has 1 unspecified atom stereocenters. The molecule has 0 radical (unpaired) electrons. The molecule has 0 aromatic heterocycles. The van der Waals surface area contributed by atoms with E-state index in [1.807, 2.05) is 19.9 Å². The van der Waals surface area contributed by atoms with Gasteiger partial charge in [0.1, 0.15) is 0 Å². The number of nitrogens with one attached hydrogen (secondary N) is 1. The van der Waals surface area contributed by atoms with Crippen LogP contribution in [-0.4, -0.2) is 49.2 Å². The van der Waals surface area contributed by atoms with Gasteiger partial charge in [0.05, 0.1) is 11.7 Å². The second-order valence-corrected chi connectivity index (χ2v) is 9.70. The fraction of sp³-hybridized carbons (Fsp3) is 0.519. The van der Waals surface area contributed by atoms with Crippen molar-refractivity contribution in [2.45, 2.75) is 57.8 Å². The molecule has 4 rings (SSSR count). The zero-order valence-electron chi connectivity index (χ0n) is 19.7. The first-order valence-electron chi connectivity index (χ1n) is 12.0. The lowest BCUT2D eigenvalue weighted by Crippen LogP contribution is -2.45. The van der Waals surface area contributed by atoms with Crippen LogP contribution in [0.2, 0.25) is 0 Å². The molecule has 1 atom stereocenters. The molecule has 172 valence electrons. The summed E-state index contributed by atoms with van der Waals surface area (Å²) in [4.78, 5) is 16.6. The van der Waals surface area contributed by atoms with Gasteiger partial charge in [-0.1, -0.05) is 44.2 Å². The smallest absolute Gasteiger partial charge is 0.222 e. The highest BCUT2D eigenvalue weighted by Crippen LogP contribution is 2.39. The molecular formula is C27H37N3O2. The van der Waals surface area contributed by atoms with Gasteiger partial charge in [-0.15, -0.1) is 0 Å². The SMILES string of the molecule is CC(C)C(=O)NCC1CCC2(CCN(Cc3ccc(N(C)c4ccccc4)cc3)CC2)O1. The van der Waals surface area contributed by atoms with Crippen molar-refractivity contribution in [2.24, 2.45) is 5.92 Å². The molecule has 0 saturated carbocycles. The van der Waals surface area contributed by atoms with Crippen molar-refractivity contribution in [3.63, 3.8) is 0 Å². The standard InChI is InChI=1S/C27H37N3O2/c1-21(2)26(31)28-19-25-13-14-27(32-25)15-17-30(18-16-27)20-22-9-11-24(12-10-22)29(3)23-7-5-4-6-8-23/h4-12,21,25H,13-20H2,1-3H3,(H,28,31). The maximum absolute atomic E-state index is 11.8. The third-order valence-corrected chi connectivity index (χ3v) is 7.01. The van der Waals surface area contributed by atoms with Crippen molar-refractivity contribution in [2.75, 3.05) is 31.6 Å². The van der Waals surface area contributed by atoms with Gasteiger partial charge in [0.15, 0.2) is 0 Å². The summed E-state index contributed by atoms with van der Waals surface area (Å²) in [6.45, 7) is 7.62. The van der Waals surface area contributed by atoms with Crippen molar-refractivity contribution in [3.05, 3.63) is 60.2 Å². The molecule has 0 bridgehead atoms. The quantitative estimate of drug-likeness (QED) is 0.682. The van der Waals surface area contributed by atoms with E-state index in [1.165, 1.54) is 16.9 Å². The molecule has 2 heterocycles. The summed E-state index contributed by atoms with van der Waals surface area (Å²) in [5.41, 5.74) is 3.77. The Morgan fingerprint density at radius 3 is 2.38 bits per heavy atom. The Bertz CT molecular complexity index is 874. The van der Waals surface area contributed by atoms with Gasteiger partial charge >= 0.3 is 0 Å². The van der Waals surface area contributed by atoms with E-state index >= 15 is 0 Å². The van der Waals surface area contributed by atoms with E-state index in [9.17, 15) is 4.79 Å². The Balaban J connectivity index is 1.24. The largest absolute Gasteiger partial charge is 0.370 e. The topological polar surface area (TPSA) is 44.8 Å². The average Bonchev–Trinajstić information content (AvgIpc) is 3.22. The highest BCUT2D eigenvalue weighted by atomic mass is 16.5. The number of likely N-dealkylation sites (tertiary alicyclic amines) is 1. The van der Waals surface area contributed by atoms with Crippen molar-refractivity contribution >= 4 is 17.3 Å². The molecule has 32 heavy (non-hydrogen) atoms. The molecule has 0 aliphatic carbocycles. The van der Waals surface area contributed by atoms with Crippen molar-refractivity contribution in [3.8, 4) is 0 Å². The van der Waals surface area contributed by atoms with Crippen LogP contribution in [0.25, 0.3) is 0 Å². The van der Waals surface area contributed by atoms with Crippen molar-refractivity contribution in [1.29, 1.82) is 0 Å². The van der Waals surface area contributed by atoms with E-state index in [4.69, 9.17) is 4.74 Å². The van der Waals surface area contributed by atoms with Crippen LogP contribution < -0.4 is 10.2 Å². The zero-order valence-corrected chi connectivity index (χ0v) is 19.7.